The first-order valence-electron chi connectivity index (χ1n) is 7.52. The molecule has 1 aliphatic rings. The number of rotatable bonds is 3. The van der Waals surface area contributed by atoms with E-state index in [0.717, 1.165) is 18.8 Å². The third kappa shape index (κ3) is 3.68. The molecule has 0 spiro atoms. The van der Waals surface area contributed by atoms with Crippen LogP contribution in [0.1, 0.15) is 18.6 Å². The lowest BCUT2D eigenvalue weighted by Crippen LogP contribution is -2.29. The second-order valence-corrected chi connectivity index (χ2v) is 5.47. The summed E-state index contributed by atoms with van der Waals surface area (Å²) in [5, 5.41) is 8.54. The maximum atomic E-state index is 11.9. The summed E-state index contributed by atoms with van der Waals surface area (Å²) >= 11 is 0. The van der Waals surface area contributed by atoms with Crippen molar-refractivity contribution in [2.45, 2.75) is 19.8 Å². The molecule has 1 aliphatic heterocycles. The van der Waals surface area contributed by atoms with Crippen LogP contribution in [-0.2, 0) is 9.59 Å². The van der Waals surface area contributed by atoms with Crippen LogP contribution in [0.5, 0.6) is 0 Å². The highest BCUT2D eigenvalue weighted by molar-refractivity contribution is 6.43. The van der Waals surface area contributed by atoms with Crippen LogP contribution >= 0.6 is 0 Å². The lowest BCUT2D eigenvalue weighted by Gasteiger charge is -2.17. The molecule has 7 nitrogen and oxygen atoms in total. The monoisotopic (exact) mass is 314 g/mol. The predicted octanol–water partition coefficient (Wildman–Crippen LogP) is 2.16. The van der Waals surface area contributed by atoms with Crippen molar-refractivity contribution in [3.05, 3.63) is 36.1 Å². The number of benzene rings is 1. The SMILES string of the molecule is Cc1cc(NC(=O)C(=O)Nc2ccc(N3CCCC3)cc2)no1. The van der Waals surface area contributed by atoms with Gasteiger partial charge < -0.3 is 14.7 Å². The average Bonchev–Trinajstić information content (AvgIpc) is 3.20. The van der Waals surface area contributed by atoms with Crippen molar-refractivity contribution < 1.29 is 14.1 Å². The molecule has 0 bridgehead atoms. The summed E-state index contributed by atoms with van der Waals surface area (Å²) < 4.78 is 4.82. The maximum absolute atomic E-state index is 11.9. The number of hydrogen-bond acceptors (Lipinski definition) is 5. The minimum atomic E-state index is -0.790. The number of carbonyl (C=O) groups excluding carboxylic acids is 2. The van der Waals surface area contributed by atoms with Gasteiger partial charge in [-0.2, -0.15) is 0 Å². The van der Waals surface area contributed by atoms with Gasteiger partial charge in [0.1, 0.15) is 5.76 Å². The van der Waals surface area contributed by atoms with E-state index in [1.165, 1.54) is 18.9 Å². The van der Waals surface area contributed by atoms with Gasteiger partial charge in [-0.25, -0.2) is 0 Å². The van der Waals surface area contributed by atoms with E-state index in [2.05, 4.69) is 20.7 Å². The number of nitrogens with zero attached hydrogens (tertiary/aromatic N) is 2. The van der Waals surface area contributed by atoms with E-state index in [1.807, 2.05) is 12.1 Å². The molecule has 120 valence electrons. The van der Waals surface area contributed by atoms with Gasteiger partial charge in [0.05, 0.1) is 0 Å². The molecule has 0 unspecified atom stereocenters. The summed E-state index contributed by atoms with van der Waals surface area (Å²) in [5.74, 6) is -0.772. The second-order valence-electron chi connectivity index (χ2n) is 5.47. The van der Waals surface area contributed by atoms with Gasteiger partial charge in [-0.05, 0) is 44.0 Å². The molecule has 2 N–H and O–H groups in total. The molecular formula is C16H18N4O3. The molecule has 3 rings (SSSR count). The largest absolute Gasteiger partial charge is 0.372 e. The highest BCUT2D eigenvalue weighted by atomic mass is 16.5. The van der Waals surface area contributed by atoms with E-state index in [1.54, 1.807) is 19.1 Å². The van der Waals surface area contributed by atoms with Gasteiger partial charge in [0.15, 0.2) is 5.82 Å². The van der Waals surface area contributed by atoms with E-state index in [4.69, 9.17) is 4.52 Å². The van der Waals surface area contributed by atoms with Crippen LogP contribution in [0.2, 0.25) is 0 Å². The highest BCUT2D eigenvalue weighted by Crippen LogP contribution is 2.22. The summed E-state index contributed by atoms with van der Waals surface area (Å²) in [6.45, 7) is 3.82. The zero-order valence-corrected chi connectivity index (χ0v) is 12.8. The fraction of sp³-hybridized carbons (Fsp3) is 0.312. The van der Waals surface area contributed by atoms with Crippen molar-refractivity contribution in [1.29, 1.82) is 0 Å². The van der Waals surface area contributed by atoms with Gasteiger partial charge in [0.25, 0.3) is 0 Å². The third-order valence-corrected chi connectivity index (χ3v) is 3.67. The van der Waals surface area contributed by atoms with E-state index in [-0.39, 0.29) is 5.82 Å². The molecule has 23 heavy (non-hydrogen) atoms. The normalized spacial score (nSPS) is 13.9. The van der Waals surface area contributed by atoms with Gasteiger partial charge in [0.2, 0.25) is 0 Å². The van der Waals surface area contributed by atoms with Gasteiger partial charge in [-0.3, -0.25) is 14.9 Å². The van der Waals surface area contributed by atoms with Crippen molar-refractivity contribution in [3.63, 3.8) is 0 Å². The summed E-state index contributed by atoms with van der Waals surface area (Å²) in [4.78, 5) is 26.0. The minimum absolute atomic E-state index is 0.215. The van der Waals surface area contributed by atoms with Crippen LogP contribution in [0.3, 0.4) is 0 Å². The summed E-state index contributed by atoms with van der Waals surface area (Å²) in [6, 6.07) is 9.01. The van der Waals surface area contributed by atoms with Crippen molar-refractivity contribution >= 4 is 29.0 Å². The summed E-state index contributed by atoms with van der Waals surface area (Å²) in [5.41, 5.74) is 1.70. The quantitative estimate of drug-likeness (QED) is 0.848. The lowest BCUT2D eigenvalue weighted by molar-refractivity contribution is -0.133. The Balaban J connectivity index is 1.57. The molecule has 7 heteroatoms. The van der Waals surface area contributed by atoms with Crippen molar-refractivity contribution in [1.82, 2.24) is 5.16 Å². The minimum Gasteiger partial charge on any atom is -0.372 e. The van der Waals surface area contributed by atoms with Crippen LogP contribution < -0.4 is 15.5 Å². The third-order valence-electron chi connectivity index (χ3n) is 3.67. The Bertz CT molecular complexity index is 702. The fourth-order valence-electron chi connectivity index (χ4n) is 2.52. The first-order chi connectivity index (χ1) is 11.1. The first kappa shape index (κ1) is 15.1. The fourth-order valence-corrected chi connectivity index (χ4v) is 2.52. The van der Waals surface area contributed by atoms with E-state index >= 15 is 0 Å². The topological polar surface area (TPSA) is 87.5 Å². The molecule has 1 saturated heterocycles. The molecule has 2 amide bonds. The molecule has 1 fully saturated rings. The summed E-state index contributed by atoms with van der Waals surface area (Å²) in [6.07, 6.45) is 2.42. The predicted molar refractivity (Wildman–Crippen MR) is 86.4 cm³/mol. The van der Waals surface area contributed by atoms with Crippen LogP contribution in [-0.4, -0.2) is 30.1 Å². The Hall–Kier alpha value is -2.83. The van der Waals surface area contributed by atoms with Gasteiger partial charge >= 0.3 is 11.8 Å². The Morgan fingerprint density at radius 3 is 2.35 bits per heavy atom. The number of hydrogen-bond donors (Lipinski definition) is 2. The van der Waals surface area contributed by atoms with Crippen molar-refractivity contribution in [2.24, 2.45) is 0 Å². The highest BCUT2D eigenvalue weighted by Gasteiger charge is 2.16. The van der Waals surface area contributed by atoms with Crippen LogP contribution in [0.4, 0.5) is 17.2 Å². The van der Waals surface area contributed by atoms with E-state index in [9.17, 15) is 9.59 Å². The molecule has 2 aromatic rings. The molecular weight excluding hydrogens is 296 g/mol. The number of amides is 2. The number of aromatic nitrogens is 1. The Morgan fingerprint density at radius 2 is 1.74 bits per heavy atom. The number of aryl methyl sites for hydroxylation is 1. The maximum Gasteiger partial charge on any atom is 0.315 e. The van der Waals surface area contributed by atoms with Crippen LogP contribution in [0.25, 0.3) is 0 Å². The molecule has 0 saturated carbocycles. The van der Waals surface area contributed by atoms with Gasteiger partial charge in [-0.1, -0.05) is 5.16 Å². The lowest BCUT2D eigenvalue weighted by atomic mass is 10.2. The second kappa shape index (κ2) is 6.51. The standard InChI is InChI=1S/C16H18N4O3/c1-11-10-14(19-23-11)18-16(22)15(21)17-12-4-6-13(7-5-12)20-8-2-3-9-20/h4-7,10H,2-3,8-9H2,1H3,(H,17,21)(H,18,19,22). The Morgan fingerprint density at radius 1 is 1.09 bits per heavy atom. The summed E-state index contributed by atoms with van der Waals surface area (Å²) in [7, 11) is 0. The molecule has 1 aromatic carbocycles. The van der Waals surface area contributed by atoms with E-state index < -0.39 is 11.8 Å². The number of anilines is 3. The molecule has 2 heterocycles. The Labute approximate surface area is 133 Å². The zero-order chi connectivity index (χ0) is 16.2. The number of carbonyl (C=O) groups is 2. The molecule has 0 atom stereocenters. The van der Waals surface area contributed by atoms with Crippen LogP contribution in [0.15, 0.2) is 34.9 Å². The zero-order valence-electron chi connectivity index (χ0n) is 12.8. The van der Waals surface area contributed by atoms with Crippen molar-refractivity contribution in [2.75, 3.05) is 28.6 Å². The average molecular weight is 314 g/mol. The first-order valence-corrected chi connectivity index (χ1v) is 7.52. The molecule has 1 aromatic heterocycles. The van der Waals surface area contributed by atoms with Gasteiger partial charge in [-0.15, -0.1) is 0 Å². The van der Waals surface area contributed by atoms with E-state index in [0.29, 0.717) is 11.4 Å². The van der Waals surface area contributed by atoms with Crippen molar-refractivity contribution in [3.8, 4) is 0 Å². The number of nitrogens with one attached hydrogen (secondary N) is 2. The Kier molecular flexibility index (Phi) is 4.27. The van der Waals surface area contributed by atoms with Crippen LogP contribution in [0, 0.1) is 6.92 Å². The molecule has 0 aliphatic carbocycles. The molecule has 0 radical (unpaired) electrons. The smallest absolute Gasteiger partial charge is 0.315 e. The van der Waals surface area contributed by atoms with Gasteiger partial charge in [0, 0.05) is 30.5 Å².